The van der Waals surface area contributed by atoms with Gasteiger partial charge in [-0.05, 0) is 35.1 Å². The van der Waals surface area contributed by atoms with Gasteiger partial charge in [0, 0.05) is 18.0 Å². The minimum atomic E-state index is -0.576. The number of fused-ring (bicyclic) bond motifs is 1. The van der Waals surface area contributed by atoms with Crippen molar-refractivity contribution < 1.29 is 5.11 Å². The number of aliphatic hydroxyl groups excluding tert-OH is 1. The average Bonchev–Trinajstić information content (AvgIpc) is 2.97. The Morgan fingerprint density at radius 2 is 2.00 bits per heavy atom. The monoisotopic (exact) mass is 299 g/mol. The van der Waals surface area contributed by atoms with Crippen molar-refractivity contribution >= 4 is 22.4 Å². The number of hydrogen-bond donors (Lipinski definition) is 1. The van der Waals surface area contributed by atoms with Crippen LogP contribution in [0.25, 0.3) is 10.9 Å². The maximum atomic E-state index is 10.6. The quantitative estimate of drug-likeness (QED) is 0.801. The van der Waals surface area contributed by atoms with Gasteiger partial charge in [-0.15, -0.1) is 5.10 Å². The lowest BCUT2D eigenvalue weighted by atomic mass is 10.00. The Morgan fingerprint density at radius 1 is 1.19 bits per heavy atom. The van der Waals surface area contributed by atoms with Crippen molar-refractivity contribution in [2.24, 2.45) is 0 Å². The summed E-state index contributed by atoms with van der Waals surface area (Å²) in [6, 6.07) is 9.96. The van der Waals surface area contributed by atoms with Crippen molar-refractivity contribution in [3.8, 4) is 0 Å². The molecular weight excluding hydrogens is 282 g/mol. The average molecular weight is 299 g/mol. The molecular formula is C16H17N3OS. The molecule has 0 fully saturated rings. The molecule has 3 rings (SSSR count). The molecule has 4 nitrogen and oxygen atoms in total. The van der Waals surface area contributed by atoms with E-state index in [1.165, 1.54) is 11.5 Å². The van der Waals surface area contributed by atoms with Crippen LogP contribution in [0.1, 0.15) is 42.0 Å². The lowest BCUT2D eigenvalue weighted by molar-refractivity contribution is 0.181. The Labute approximate surface area is 127 Å². The second kappa shape index (κ2) is 5.87. The van der Waals surface area contributed by atoms with E-state index in [2.05, 4.69) is 28.4 Å². The molecule has 1 atom stereocenters. The topological polar surface area (TPSA) is 58.9 Å². The highest BCUT2D eigenvalue weighted by atomic mass is 32.1. The van der Waals surface area contributed by atoms with Gasteiger partial charge in [-0.1, -0.05) is 36.5 Å². The predicted molar refractivity (Wildman–Crippen MR) is 84.4 cm³/mol. The summed E-state index contributed by atoms with van der Waals surface area (Å²) in [6.45, 7) is 4.13. The van der Waals surface area contributed by atoms with Crippen LogP contribution >= 0.6 is 11.5 Å². The Bertz CT molecular complexity index is 749. The molecule has 2 heterocycles. The first-order chi connectivity index (χ1) is 10.2. The molecule has 0 bridgehead atoms. The van der Waals surface area contributed by atoms with Crippen molar-refractivity contribution in [2.45, 2.75) is 32.3 Å². The van der Waals surface area contributed by atoms with Crippen LogP contribution < -0.4 is 0 Å². The summed E-state index contributed by atoms with van der Waals surface area (Å²) in [4.78, 5) is 5.22. The third-order valence-corrected chi connectivity index (χ3v) is 4.38. The summed E-state index contributed by atoms with van der Waals surface area (Å²) in [5.41, 5.74) is 2.94. The third-order valence-electron chi connectivity index (χ3n) is 3.54. The fraction of sp³-hybridized carbons (Fsp3) is 0.312. The van der Waals surface area contributed by atoms with Gasteiger partial charge in [0.2, 0.25) is 0 Å². The summed E-state index contributed by atoms with van der Waals surface area (Å²) in [5, 5.41) is 15.8. The van der Waals surface area contributed by atoms with E-state index < -0.39 is 6.10 Å². The fourth-order valence-corrected chi connectivity index (χ4v) is 3.26. The van der Waals surface area contributed by atoms with Gasteiger partial charge in [-0.25, -0.2) is 0 Å². The molecule has 0 aliphatic rings. The van der Waals surface area contributed by atoms with Crippen LogP contribution in [0, 0.1) is 0 Å². The fourth-order valence-electron chi connectivity index (χ4n) is 2.47. The number of aliphatic hydroxyl groups is 1. The van der Waals surface area contributed by atoms with Gasteiger partial charge >= 0.3 is 0 Å². The van der Waals surface area contributed by atoms with E-state index in [4.69, 9.17) is 0 Å². The molecule has 1 N–H and O–H groups in total. The minimum absolute atomic E-state index is 0.266. The Hall–Kier alpha value is -1.85. The number of rotatable bonds is 4. The standard InChI is InChI=1S/C16H17N3OS/c1-10(2)15-16(21-19-18-15)14(20)9-11-7-8-17-13-6-4-3-5-12(11)13/h3-8,10,14,20H,9H2,1-2H3. The van der Waals surface area contributed by atoms with Crippen LogP contribution in [0.3, 0.4) is 0 Å². The smallest absolute Gasteiger partial charge is 0.0957 e. The molecule has 0 aliphatic carbocycles. The molecule has 5 heteroatoms. The summed E-state index contributed by atoms with van der Waals surface area (Å²) < 4.78 is 3.99. The molecule has 1 aromatic carbocycles. The highest BCUT2D eigenvalue weighted by molar-refractivity contribution is 7.05. The van der Waals surface area contributed by atoms with Crippen LogP contribution in [0.4, 0.5) is 0 Å². The van der Waals surface area contributed by atoms with Crippen molar-refractivity contribution in [3.63, 3.8) is 0 Å². The molecule has 0 amide bonds. The van der Waals surface area contributed by atoms with E-state index in [9.17, 15) is 5.11 Å². The molecule has 0 radical (unpaired) electrons. The zero-order valence-electron chi connectivity index (χ0n) is 12.0. The number of para-hydroxylation sites is 1. The zero-order chi connectivity index (χ0) is 14.8. The maximum Gasteiger partial charge on any atom is 0.0957 e. The van der Waals surface area contributed by atoms with E-state index in [1.807, 2.05) is 30.3 Å². The molecule has 1 unspecified atom stereocenters. The van der Waals surface area contributed by atoms with Crippen molar-refractivity contribution in [2.75, 3.05) is 0 Å². The molecule has 108 valence electrons. The zero-order valence-corrected chi connectivity index (χ0v) is 12.8. The van der Waals surface area contributed by atoms with Crippen LogP contribution in [0.2, 0.25) is 0 Å². The minimum Gasteiger partial charge on any atom is -0.387 e. The summed E-state index contributed by atoms with van der Waals surface area (Å²) in [7, 11) is 0. The summed E-state index contributed by atoms with van der Waals surface area (Å²) >= 11 is 1.28. The van der Waals surface area contributed by atoms with Gasteiger partial charge in [0.15, 0.2) is 0 Å². The van der Waals surface area contributed by atoms with Crippen molar-refractivity contribution in [1.29, 1.82) is 0 Å². The molecule has 0 aliphatic heterocycles. The van der Waals surface area contributed by atoms with E-state index in [0.717, 1.165) is 27.0 Å². The highest BCUT2D eigenvalue weighted by Gasteiger charge is 2.20. The number of benzene rings is 1. The van der Waals surface area contributed by atoms with Gasteiger partial charge in [-0.3, -0.25) is 4.98 Å². The normalized spacial score (nSPS) is 13.0. The van der Waals surface area contributed by atoms with Crippen molar-refractivity contribution in [1.82, 2.24) is 14.6 Å². The Morgan fingerprint density at radius 3 is 2.81 bits per heavy atom. The van der Waals surface area contributed by atoms with E-state index in [0.29, 0.717) is 6.42 Å². The summed E-state index contributed by atoms with van der Waals surface area (Å²) in [6.07, 6.45) is 1.76. The second-order valence-electron chi connectivity index (χ2n) is 5.38. The van der Waals surface area contributed by atoms with Crippen molar-refractivity contribution in [3.05, 3.63) is 52.7 Å². The Kier molecular flexibility index (Phi) is 3.94. The van der Waals surface area contributed by atoms with E-state index in [1.54, 1.807) is 6.20 Å². The van der Waals surface area contributed by atoms with Crippen LogP contribution in [0.5, 0.6) is 0 Å². The first-order valence-electron chi connectivity index (χ1n) is 6.99. The number of pyridine rings is 1. The van der Waals surface area contributed by atoms with Gasteiger partial charge in [0.25, 0.3) is 0 Å². The Balaban J connectivity index is 1.93. The number of nitrogens with zero attached hydrogens (tertiary/aromatic N) is 3. The third kappa shape index (κ3) is 2.80. The molecule has 21 heavy (non-hydrogen) atoms. The predicted octanol–water partition coefficient (Wildman–Crippen LogP) is 3.49. The van der Waals surface area contributed by atoms with Crippen LogP contribution in [-0.4, -0.2) is 19.7 Å². The van der Waals surface area contributed by atoms with Gasteiger partial charge in [-0.2, -0.15) is 0 Å². The van der Waals surface area contributed by atoms with Crippen LogP contribution in [0.15, 0.2) is 36.5 Å². The lowest BCUT2D eigenvalue weighted by Crippen LogP contribution is -2.05. The summed E-state index contributed by atoms with van der Waals surface area (Å²) in [5.74, 6) is 0.266. The van der Waals surface area contributed by atoms with Gasteiger partial charge in [0.05, 0.1) is 22.2 Å². The SMILES string of the molecule is CC(C)c1nnsc1C(O)Cc1ccnc2ccccc12. The molecule has 0 saturated carbocycles. The van der Waals surface area contributed by atoms with Gasteiger partial charge in [0.1, 0.15) is 0 Å². The highest BCUT2D eigenvalue weighted by Crippen LogP contribution is 2.30. The second-order valence-corrected chi connectivity index (χ2v) is 6.17. The first kappa shape index (κ1) is 14.1. The maximum absolute atomic E-state index is 10.6. The van der Waals surface area contributed by atoms with Gasteiger partial charge < -0.3 is 5.11 Å². The van der Waals surface area contributed by atoms with E-state index >= 15 is 0 Å². The van der Waals surface area contributed by atoms with E-state index in [-0.39, 0.29) is 5.92 Å². The molecule has 3 aromatic rings. The largest absolute Gasteiger partial charge is 0.387 e. The van der Waals surface area contributed by atoms with Crippen LogP contribution in [-0.2, 0) is 6.42 Å². The molecule has 2 aromatic heterocycles. The lowest BCUT2D eigenvalue weighted by Gasteiger charge is -2.13. The first-order valence-corrected chi connectivity index (χ1v) is 7.77. The molecule has 0 saturated heterocycles. The number of hydrogen-bond acceptors (Lipinski definition) is 5. The molecule has 0 spiro atoms. The number of aromatic nitrogens is 3.